The summed E-state index contributed by atoms with van der Waals surface area (Å²) in [5, 5.41) is 3.77. The molecule has 196 valence electrons. The molecule has 0 saturated carbocycles. The highest BCUT2D eigenvalue weighted by atomic mass is 79.9. The van der Waals surface area contributed by atoms with Crippen LogP contribution in [0.1, 0.15) is 61.5 Å². The molecule has 5 rings (SSSR count). The van der Waals surface area contributed by atoms with Gasteiger partial charge in [0.2, 0.25) is 0 Å². The summed E-state index contributed by atoms with van der Waals surface area (Å²) in [4.78, 5) is 41.0. The number of fused-ring (bicyclic) bond motifs is 2. The first-order valence-corrected chi connectivity index (χ1v) is 13.9. The van der Waals surface area contributed by atoms with Gasteiger partial charge >= 0.3 is 0 Å². The molecule has 0 heterocycles. The molecule has 0 aliphatic heterocycles. The Hall–Kier alpha value is -4.23. The second-order valence-electron chi connectivity index (χ2n) is 9.04. The third-order valence-corrected chi connectivity index (χ3v) is 6.97. The van der Waals surface area contributed by atoms with Crippen molar-refractivity contribution in [3.05, 3.63) is 119 Å². The van der Waals surface area contributed by atoms with E-state index in [1.54, 1.807) is 66.7 Å². The van der Waals surface area contributed by atoms with E-state index in [1.807, 2.05) is 24.3 Å². The molecule has 6 nitrogen and oxygen atoms in total. The molecule has 0 fully saturated rings. The number of halogens is 1. The molecule has 1 aliphatic carbocycles. The number of nitrogens with one attached hydrogen (secondary N) is 1. The molecule has 0 saturated heterocycles. The number of unbranched alkanes of at least 4 members (excludes halogenated alkanes) is 2. The molecule has 39 heavy (non-hydrogen) atoms. The van der Waals surface area contributed by atoms with E-state index in [2.05, 4.69) is 21.2 Å². The summed E-state index contributed by atoms with van der Waals surface area (Å²) in [5.41, 5.74) is 1.29. The van der Waals surface area contributed by atoms with Crippen molar-refractivity contribution in [1.29, 1.82) is 0 Å². The van der Waals surface area contributed by atoms with Crippen molar-refractivity contribution >= 4 is 39.1 Å². The van der Waals surface area contributed by atoms with Gasteiger partial charge in [-0.25, -0.2) is 0 Å². The van der Waals surface area contributed by atoms with Gasteiger partial charge in [-0.15, -0.1) is 0 Å². The number of hydrogen-bond acceptors (Lipinski definition) is 5. The van der Waals surface area contributed by atoms with Gasteiger partial charge in [0.25, 0.3) is 5.91 Å². The number of ether oxygens (including phenoxy) is 2. The molecular formula is C32H26BrNO5. The van der Waals surface area contributed by atoms with Crippen LogP contribution in [0.3, 0.4) is 0 Å². The lowest BCUT2D eigenvalue weighted by Gasteiger charge is -2.25. The summed E-state index contributed by atoms with van der Waals surface area (Å²) < 4.78 is 12.3. The van der Waals surface area contributed by atoms with Crippen LogP contribution in [-0.4, -0.2) is 29.4 Å². The number of amides is 1. The largest absolute Gasteiger partial charge is 0.493 e. The molecule has 1 N–H and O–H groups in total. The fourth-order valence-corrected chi connectivity index (χ4v) is 4.90. The first-order chi connectivity index (χ1) is 19.1. The average Bonchev–Trinajstić information content (AvgIpc) is 2.97. The highest BCUT2D eigenvalue weighted by Gasteiger charge is 2.37. The Balaban J connectivity index is 1.66. The lowest BCUT2D eigenvalue weighted by molar-refractivity contribution is 0.0974. The van der Waals surface area contributed by atoms with Crippen molar-refractivity contribution in [2.24, 2.45) is 0 Å². The number of para-hydroxylation sites is 1. The quantitative estimate of drug-likeness (QED) is 0.136. The SMILES string of the molecule is O=C(Nc1c(Oc2ccccc2)cc(OCCCCCBr)c2c1C(=O)c1ccccc1C2=O)c1ccccc1. The molecule has 1 aliphatic rings. The lowest BCUT2D eigenvalue weighted by Crippen LogP contribution is -2.25. The average molecular weight is 584 g/mol. The minimum Gasteiger partial charge on any atom is -0.493 e. The summed E-state index contributed by atoms with van der Waals surface area (Å²) in [6.07, 6.45) is 2.72. The Morgan fingerprint density at radius 3 is 2.00 bits per heavy atom. The number of ketones is 2. The van der Waals surface area contributed by atoms with Gasteiger partial charge in [0.05, 0.1) is 23.4 Å². The number of anilines is 1. The molecule has 4 aromatic carbocycles. The molecule has 0 radical (unpaired) electrons. The first-order valence-electron chi connectivity index (χ1n) is 12.8. The molecule has 0 spiro atoms. The van der Waals surface area contributed by atoms with E-state index in [1.165, 1.54) is 0 Å². The maximum Gasteiger partial charge on any atom is 0.255 e. The Morgan fingerprint density at radius 2 is 1.33 bits per heavy atom. The van der Waals surface area contributed by atoms with E-state index in [4.69, 9.17) is 9.47 Å². The Bertz CT molecular complexity index is 1520. The molecule has 0 unspecified atom stereocenters. The summed E-state index contributed by atoms with van der Waals surface area (Å²) in [6, 6.07) is 26.0. The molecule has 0 aromatic heterocycles. The highest BCUT2D eigenvalue weighted by Crippen LogP contribution is 2.45. The smallest absolute Gasteiger partial charge is 0.255 e. The minimum absolute atomic E-state index is 0.0619. The molecular weight excluding hydrogens is 558 g/mol. The molecule has 0 atom stereocenters. The van der Waals surface area contributed by atoms with E-state index >= 15 is 0 Å². The number of alkyl halides is 1. The van der Waals surface area contributed by atoms with Gasteiger partial charge in [0, 0.05) is 28.1 Å². The standard InChI is InChI=1S/C32H26BrNO5/c33-18-10-3-11-19-38-25-20-26(39-22-14-6-2-7-15-22)29(34-32(37)21-12-4-1-5-13-21)28-27(25)30(35)23-16-8-9-17-24(23)31(28)36/h1-2,4-9,12-17,20H,3,10-11,18-19H2,(H,34,37). The van der Waals surface area contributed by atoms with Crippen molar-refractivity contribution in [2.75, 3.05) is 17.3 Å². The van der Waals surface area contributed by atoms with Crippen molar-refractivity contribution in [3.8, 4) is 17.2 Å². The van der Waals surface area contributed by atoms with Gasteiger partial charge in [0.15, 0.2) is 17.3 Å². The zero-order chi connectivity index (χ0) is 27.2. The minimum atomic E-state index is -0.432. The monoisotopic (exact) mass is 583 g/mol. The number of hydrogen-bond donors (Lipinski definition) is 1. The number of rotatable bonds is 10. The molecule has 7 heteroatoms. The highest BCUT2D eigenvalue weighted by molar-refractivity contribution is 9.09. The number of benzene rings is 4. The fourth-order valence-electron chi connectivity index (χ4n) is 4.50. The van der Waals surface area contributed by atoms with Crippen LogP contribution in [-0.2, 0) is 0 Å². The van der Waals surface area contributed by atoms with Crippen LogP contribution in [0.2, 0.25) is 0 Å². The van der Waals surface area contributed by atoms with Crippen LogP contribution in [0.4, 0.5) is 5.69 Å². The third kappa shape index (κ3) is 5.64. The van der Waals surface area contributed by atoms with Gasteiger partial charge in [-0.3, -0.25) is 14.4 Å². The molecule has 4 aromatic rings. The van der Waals surface area contributed by atoms with Crippen LogP contribution in [0.15, 0.2) is 91.0 Å². The summed E-state index contributed by atoms with van der Waals surface area (Å²) in [5.74, 6) is -0.187. The van der Waals surface area contributed by atoms with Crippen LogP contribution in [0.25, 0.3) is 0 Å². The van der Waals surface area contributed by atoms with Crippen molar-refractivity contribution in [1.82, 2.24) is 0 Å². The van der Waals surface area contributed by atoms with Gasteiger partial charge in [-0.1, -0.05) is 76.6 Å². The predicted molar refractivity (Wildman–Crippen MR) is 154 cm³/mol. The Morgan fingerprint density at radius 1 is 0.718 bits per heavy atom. The van der Waals surface area contributed by atoms with Crippen LogP contribution in [0, 0.1) is 0 Å². The first kappa shape index (κ1) is 26.4. The van der Waals surface area contributed by atoms with E-state index in [0.29, 0.717) is 23.5 Å². The van der Waals surface area contributed by atoms with E-state index in [0.717, 1.165) is 24.6 Å². The maximum atomic E-state index is 13.9. The topological polar surface area (TPSA) is 81.7 Å². The van der Waals surface area contributed by atoms with Crippen molar-refractivity contribution in [3.63, 3.8) is 0 Å². The third-order valence-electron chi connectivity index (χ3n) is 6.41. The van der Waals surface area contributed by atoms with Crippen LogP contribution >= 0.6 is 15.9 Å². The van der Waals surface area contributed by atoms with Crippen LogP contribution < -0.4 is 14.8 Å². The van der Waals surface area contributed by atoms with Crippen molar-refractivity contribution in [2.45, 2.75) is 19.3 Å². The number of carbonyl (C=O) groups is 3. The second-order valence-corrected chi connectivity index (χ2v) is 9.83. The second kappa shape index (κ2) is 12.1. The van der Waals surface area contributed by atoms with E-state index in [-0.39, 0.29) is 45.4 Å². The molecule has 1 amide bonds. The Kier molecular flexibility index (Phi) is 8.18. The van der Waals surface area contributed by atoms with Crippen molar-refractivity contribution < 1.29 is 23.9 Å². The van der Waals surface area contributed by atoms with Gasteiger partial charge in [-0.05, 0) is 43.5 Å². The lowest BCUT2D eigenvalue weighted by atomic mass is 9.82. The summed E-state index contributed by atoms with van der Waals surface area (Å²) in [7, 11) is 0. The normalized spacial score (nSPS) is 11.9. The zero-order valence-electron chi connectivity index (χ0n) is 21.1. The van der Waals surface area contributed by atoms with Crippen LogP contribution in [0.5, 0.6) is 17.2 Å². The Labute approximate surface area is 235 Å². The van der Waals surface area contributed by atoms with Gasteiger partial charge < -0.3 is 14.8 Å². The fraction of sp³-hybridized carbons (Fsp3) is 0.156. The maximum absolute atomic E-state index is 13.9. The van der Waals surface area contributed by atoms with E-state index in [9.17, 15) is 14.4 Å². The van der Waals surface area contributed by atoms with Gasteiger partial charge in [0.1, 0.15) is 11.5 Å². The summed E-state index contributed by atoms with van der Waals surface area (Å²) in [6.45, 7) is 0.364. The number of carbonyl (C=O) groups excluding carboxylic acids is 3. The predicted octanol–water partition coefficient (Wildman–Crippen LogP) is 7.45. The zero-order valence-corrected chi connectivity index (χ0v) is 22.7. The van der Waals surface area contributed by atoms with E-state index < -0.39 is 5.91 Å². The van der Waals surface area contributed by atoms with Gasteiger partial charge in [-0.2, -0.15) is 0 Å². The summed E-state index contributed by atoms with van der Waals surface area (Å²) >= 11 is 3.44. The molecule has 0 bridgehead atoms.